The maximum atomic E-state index is 12.7. The SMILES string of the molecule is CC(=O)c1ccc(NC(=O)[C@@H](C)Sc2nnc(-c3ccco3)n2-c2ccccc2)cc1. The molecule has 0 unspecified atom stereocenters. The van der Waals surface area contributed by atoms with Gasteiger partial charge in [0.2, 0.25) is 11.7 Å². The van der Waals surface area contributed by atoms with Crippen LogP contribution in [0.4, 0.5) is 5.69 Å². The van der Waals surface area contributed by atoms with E-state index < -0.39 is 5.25 Å². The van der Waals surface area contributed by atoms with Gasteiger partial charge in [-0.3, -0.25) is 14.2 Å². The summed E-state index contributed by atoms with van der Waals surface area (Å²) in [4.78, 5) is 24.2. The number of anilines is 1. The molecule has 0 bridgehead atoms. The topological polar surface area (TPSA) is 90.0 Å². The van der Waals surface area contributed by atoms with Gasteiger partial charge in [-0.15, -0.1) is 10.2 Å². The molecule has 1 amide bonds. The number of aromatic nitrogens is 3. The molecule has 0 aliphatic heterocycles. The summed E-state index contributed by atoms with van der Waals surface area (Å²) in [7, 11) is 0. The maximum Gasteiger partial charge on any atom is 0.237 e. The minimum atomic E-state index is -0.441. The lowest BCUT2D eigenvalue weighted by molar-refractivity contribution is -0.115. The third kappa shape index (κ3) is 4.59. The van der Waals surface area contributed by atoms with E-state index in [1.165, 1.54) is 18.7 Å². The fraction of sp³-hybridized carbons (Fsp3) is 0.130. The van der Waals surface area contributed by atoms with Crippen LogP contribution < -0.4 is 5.32 Å². The molecule has 1 N–H and O–H groups in total. The molecule has 156 valence electrons. The number of carbonyl (C=O) groups excluding carboxylic acids is 2. The van der Waals surface area contributed by atoms with E-state index in [2.05, 4.69) is 15.5 Å². The average Bonchev–Trinajstić information content (AvgIpc) is 3.44. The number of benzene rings is 2. The van der Waals surface area contributed by atoms with Crippen molar-refractivity contribution in [3.8, 4) is 17.3 Å². The van der Waals surface area contributed by atoms with Crippen LogP contribution in [-0.2, 0) is 4.79 Å². The molecule has 7 nitrogen and oxygen atoms in total. The predicted molar refractivity (Wildman–Crippen MR) is 119 cm³/mol. The third-order valence-electron chi connectivity index (χ3n) is 4.60. The monoisotopic (exact) mass is 432 g/mol. The van der Waals surface area contributed by atoms with Gasteiger partial charge in [-0.2, -0.15) is 0 Å². The first-order chi connectivity index (χ1) is 15.0. The zero-order chi connectivity index (χ0) is 21.8. The highest BCUT2D eigenvalue weighted by molar-refractivity contribution is 8.00. The van der Waals surface area contributed by atoms with Gasteiger partial charge < -0.3 is 9.73 Å². The largest absolute Gasteiger partial charge is 0.461 e. The highest BCUT2D eigenvalue weighted by Gasteiger charge is 2.23. The van der Waals surface area contributed by atoms with Gasteiger partial charge in [0, 0.05) is 16.9 Å². The molecule has 4 aromatic rings. The van der Waals surface area contributed by atoms with Gasteiger partial charge >= 0.3 is 0 Å². The Labute approximate surface area is 183 Å². The second-order valence-electron chi connectivity index (χ2n) is 6.84. The van der Waals surface area contributed by atoms with E-state index in [1.807, 2.05) is 41.0 Å². The minimum Gasteiger partial charge on any atom is -0.461 e. The van der Waals surface area contributed by atoms with Crippen LogP contribution in [0.1, 0.15) is 24.2 Å². The van der Waals surface area contributed by atoms with Crippen LogP contribution in [0.3, 0.4) is 0 Å². The van der Waals surface area contributed by atoms with E-state index in [0.29, 0.717) is 28.0 Å². The zero-order valence-electron chi connectivity index (χ0n) is 17.0. The second-order valence-corrected chi connectivity index (χ2v) is 8.15. The summed E-state index contributed by atoms with van der Waals surface area (Å²) in [5, 5.41) is 11.6. The number of nitrogens with zero attached hydrogens (tertiary/aromatic N) is 3. The van der Waals surface area contributed by atoms with Gasteiger partial charge in [0.05, 0.1) is 11.5 Å². The van der Waals surface area contributed by atoms with Crippen molar-refractivity contribution in [1.29, 1.82) is 0 Å². The van der Waals surface area contributed by atoms with Gasteiger partial charge in [-0.05, 0) is 62.4 Å². The van der Waals surface area contributed by atoms with Gasteiger partial charge in [0.15, 0.2) is 16.7 Å². The zero-order valence-corrected chi connectivity index (χ0v) is 17.8. The predicted octanol–water partition coefficient (Wildman–Crippen LogP) is 4.85. The van der Waals surface area contributed by atoms with E-state index in [4.69, 9.17) is 4.42 Å². The van der Waals surface area contributed by atoms with Gasteiger partial charge in [0.25, 0.3) is 0 Å². The Kier molecular flexibility index (Phi) is 5.99. The molecule has 0 spiro atoms. The molecule has 31 heavy (non-hydrogen) atoms. The minimum absolute atomic E-state index is 0.0191. The molecular weight excluding hydrogens is 412 g/mol. The molecule has 0 aliphatic carbocycles. The number of nitrogens with one attached hydrogen (secondary N) is 1. The fourth-order valence-corrected chi connectivity index (χ4v) is 3.83. The highest BCUT2D eigenvalue weighted by Crippen LogP contribution is 2.30. The molecule has 0 aliphatic rings. The van der Waals surface area contributed by atoms with Crippen molar-refractivity contribution in [2.75, 3.05) is 5.32 Å². The fourth-order valence-electron chi connectivity index (χ4n) is 2.97. The van der Waals surface area contributed by atoms with Crippen LogP contribution in [-0.4, -0.2) is 31.7 Å². The summed E-state index contributed by atoms with van der Waals surface area (Å²) in [5.74, 6) is 0.953. The normalized spacial score (nSPS) is 11.8. The number of ketones is 1. The molecule has 2 aromatic carbocycles. The second kappa shape index (κ2) is 9.01. The Morgan fingerprint density at radius 1 is 1.00 bits per heavy atom. The summed E-state index contributed by atoms with van der Waals surface area (Å²) in [6.45, 7) is 3.31. The van der Waals surface area contributed by atoms with Crippen LogP contribution in [0.2, 0.25) is 0 Å². The van der Waals surface area contributed by atoms with Crippen LogP contribution in [0.5, 0.6) is 0 Å². The van der Waals surface area contributed by atoms with Crippen molar-refractivity contribution in [2.45, 2.75) is 24.3 Å². The molecule has 0 radical (unpaired) electrons. The first-order valence-electron chi connectivity index (χ1n) is 9.66. The Balaban J connectivity index is 1.56. The number of Topliss-reactive ketones (excluding diaryl/α,β-unsaturated/α-hetero) is 1. The van der Waals surface area contributed by atoms with E-state index in [-0.39, 0.29) is 11.7 Å². The summed E-state index contributed by atoms with van der Waals surface area (Å²) in [5.41, 5.74) is 2.10. The summed E-state index contributed by atoms with van der Waals surface area (Å²) in [6.07, 6.45) is 1.58. The van der Waals surface area contributed by atoms with Gasteiger partial charge in [-0.1, -0.05) is 30.0 Å². The van der Waals surface area contributed by atoms with E-state index in [9.17, 15) is 9.59 Å². The number of para-hydroxylation sites is 1. The molecule has 1 atom stereocenters. The Hall–Kier alpha value is -3.65. The number of hydrogen-bond acceptors (Lipinski definition) is 6. The number of thioether (sulfide) groups is 1. The maximum absolute atomic E-state index is 12.7. The Morgan fingerprint density at radius 2 is 1.74 bits per heavy atom. The molecule has 0 fully saturated rings. The van der Waals surface area contributed by atoms with Crippen molar-refractivity contribution in [1.82, 2.24) is 14.8 Å². The van der Waals surface area contributed by atoms with Gasteiger partial charge in [-0.25, -0.2) is 0 Å². The lowest BCUT2D eigenvalue weighted by Crippen LogP contribution is -2.23. The van der Waals surface area contributed by atoms with E-state index >= 15 is 0 Å². The first kappa shape index (κ1) is 20.6. The Bertz CT molecular complexity index is 1190. The molecule has 8 heteroatoms. The van der Waals surface area contributed by atoms with Crippen LogP contribution in [0, 0.1) is 0 Å². The summed E-state index contributed by atoms with van der Waals surface area (Å²) >= 11 is 1.30. The Morgan fingerprint density at radius 3 is 2.39 bits per heavy atom. The first-order valence-corrected chi connectivity index (χ1v) is 10.5. The quantitative estimate of drug-likeness (QED) is 0.332. The standard InChI is InChI=1S/C23H20N4O3S/c1-15(28)17-10-12-18(13-11-17)24-22(29)16(2)31-23-26-25-21(20-9-6-14-30-20)27(23)19-7-4-3-5-8-19/h3-14,16H,1-2H3,(H,24,29)/t16-/m1/s1. The lowest BCUT2D eigenvalue weighted by Gasteiger charge is -2.13. The third-order valence-corrected chi connectivity index (χ3v) is 5.64. The van der Waals surface area contributed by atoms with Gasteiger partial charge in [0.1, 0.15) is 0 Å². The van der Waals surface area contributed by atoms with Crippen molar-refractivity contribution < 1.29 is 14.0 Å². The summed E-state index contributed by atoms with van der Waals surface area (Å²) < 4.78 is 7.39. The van der Waals surface area contributed by atoms with Crippen molar-refractivity contribution >= 4 is 29.1 Å². The molecule has 2 heterocycles. The van der Waals surface area contributed by atoms with E-state index in [1.54, 1.807) is 43.5 Å². The molecular formula is C23H20N4O3S. The van der Waals surface area contributed by atoms with E-state index in [0.717, 1.165) is 5.69 Å². The lowest BCUT2D eigenvalue weighted by atomic mass is 10.1. The number of amides is 1. The number of rotatable bonds is 7. The highest BCUT2D eigenvalue weighted by atomic mass is 32.2. The number of hydrogen-bond donors (Lipinski definition) is 1. The van der Waals surface area contributed by atoms with Crippen LogP contribution >= 0.6 is 11.8 Å². The smallest absolute Gasteiger partial charge is 0.237 e. The number of carbonyl (C=O) groups is 2. The molecule has 2 aromatic heterocycles. The summed E-state index contributed by atoms with van der Waals surface area (Å²) in [6, 6.07) is 20.1. The van der Waals surface area contributed by atoms with Crippen molar-refractivity contribution in [3.63, 3.8) is 0 Å². The van der Waals surface area contributed by atoms with Crippen molar-refractivity contribution in [2.24, 2.45) is 0 Å². The molecule has 4 rings (SSSR count). The molecule has 0 saturated heterocycles. The average molecular weight is 433 g/mol. The van der Waals surface area contributed by atoms with Crippen LogP contribution in [0.25, 0.3) is 17.3 Å². The number of furan rings is 1. The molecule has 0 saturated carbocycles. The van der Waals surface area contributed by atoms with Crippen molar-refractivity contribution in [3.05, 3.63) is 78.6 Å². The van der Waals surface area contributed by atoms with Crippen LogP contribution in [0.15, 0.2) is 82.6 Å².